The summed E-state index contributed by atoms with van der Waals surface area (Å²) < 4.78 is 47.8. The van der Waals surface area contributed by atoms with Crippen molar-refractivity contribution >= 4 is 23.4 Å². The van der Waals surface area contributed by atoms with Crippen LogP contribution in [0.3, 0.4) is 0 Å². The topological polar surface area (TPSA) is 69.0 Å². The minimum Gasteiger partial charge on any atom is -0.483 e. The van der Waals surface area contributed by atoms with Crippen LogP contribution in [0.4, 0.5) is 18.9 Å². The molecule has 10 heteroatoms. The molecule has 0 aliphatic carbocycles. The van der Waals surface area contributed by atoms with Crippen molar-refractivity contribution in [2.75, 3.05) is 11.1 Å². The van der Waals surface area contributed by atoms with Gasteiger partial charge in [0.2, 0.25) is 5.91 Å². The molecule has 0 spiro atoms. The Hall–Kier alpha value is -3.79. The van der Waals surface area contributed by atoms with E-state index < -0.39 is 23.4 Å². The first-order valence-corrected chi connectivity index (χ1v) is 10.7. The Labute approximate surface area is 191 Å². The average molecular weight is 470 g/mol. The van der Waals surface area contributed by atoms with Gasteiger partial charge in [-0.1, -0.05) is 42.1 Å². The molecule has 0 saturated carbocycles. The highest BCUT2D eigenvalue weighted by molar-refractivity contribution is 7.99. The molecule has 1 N–H and O–H groups in total. The van der Waals surface area contributed by atoms with Gasteiger partial charge in [-0.05, 0) is 36.4 Å². The van der Waals surface area contributed by atoms with E-state index in [2.05, 4.69) is 15.5 Å². The van der Waals surface area contributed by atoms with Crippen molar-refractivity contribution in [1.29, 1.82) is 0 Å². The smallest absolute Gasteiger partial charge is 0.234 e. The van der Waals surface area contributed by atoms with Crippen LogP contribution < -0.4 is 10.1 Å². The molecule has 1 heterocycles. The van der Waals surface area contributed by atoms with E-state index in [-0.39, 0.29) is 23.8 Å². The lowest BCUT2D eigenvalue weighted by Gasteiger charge is -2.11. The highest BCUT2D eigenvalue weighted by atomic mass is 32.2. The number of carbonyl (C=O) groups excluding carboxylic acids is 1. The monoisotopic (exact) mass is 470 g/mol. The maximum absolute atomic E-state index is 13.9. The Kier molecular flexibility index (Phi) is 6.94. The Bertz CT molecular complexity index is 1250. The fraction of sp³-hybridized carbons (Fsp3) is 0.0870. The molecule has 0 fully saturated rings. The second-order valence-corrected chi connectivity index (χ2v) is 7.73. The van der Waals surface area contributed by atoms with Crippen LogP contribution in [0, 0.1) is 17.5 Å². The van der Waals surface area contributed by atoms with Gasteiger partial charge in [-0.3, -0.25) is 9.36 Å². The summed E-state index contributed by atoms with van der Waals surface area (Å²) in [6, 6.07) is 18.0. The highest BCUT2D eigenvalue weighted by Gasteiger charge is 2.17. The van der Waals surface area contributed by atoms with Crippen LogP contribution in [0.15, 0.2) is 78.0 Å². The molecule has 1 amide bonds. The van der Waals surface area contributed by atoms with Gasteiger partial charge in [-0.2, -0.15) is 0 Å². The number of nitrogens with zero attached hydrogens (tertiary/aromatic N) is 3. The van der Waals surface area contributed by atoms with Crippen LogP contribution in [-0.4, -0.2) is 26.4 Å². The van der Waals surface area contributed by atoms with Crippen molar-refractivity contribution in [3.05, 3.63) is 96.1 Å². The van der Waals surface area contributed by atoms with Crippen LogP contribution in [-0.2, 0) is 11.4 Å². The number of halogens is 3. The summed E-state index contributed by atoms with van der Waals surface area (Å²) in [7, 11) is 0. The number of hydrogen-bond donors (Lipinski definition) is 1. The Morgan fingerprint density at radius 1 is 0.939 bits per heavy atom. The number of amides is 1. The number of anilines is 1. The molecule has 0 unspecified atom stereocenters. The van der Waals surface area contributed by atoms with Crippen LogP contribution in [0.5, 0.6) is 5.75 Å². The molecule has 3 aromatic carbocycles. The number of thioether (sulfide) groups is 1. The summed E-state index contributed by atoms with van der Waals surface area (Å²) in [6.07, 6.45) is 0. The molecule has 168 valence electrons. The van der Waals surface area contributed by atoms with Gasteiger partial charge >= 0.3 is 0 Å². The zero-order chi connectivity index (χ0) is 23.2. The minimum atomic E-state index is -0.790. The van der Waals surface area contributed by atoms with E-state index in [0.29, 0.717) is 11.0 Å². The summed E-state index contributed by atoms with van der Waals surface area (Å²) in [5.41, 5.74) is 0.742. The summed E-state index contributed by atoms with van der Waals surface area (Å²) >= 11 is 1.08. The van der Waals surface area contributed by atoms with E-state index in [9.17, 15) is 18.0 Å². The SMILES string of the molecule is O=C(CSc1nnc(COc2ccccc2F)n1-c1ccccc1)Nc1cc(F)cc(F)c1. The zero-order valence-corrected chi connectivity index (χ0v) is 17.9. The summed E-state index contributed by atoms with van der Waals surface area (Å²) in [5.74, 6) is -2.16. The Balaban J connectivity index is 1.50. The molecule has 1 aromatic heterocycles. The summed E-state index contributed by atoms with van der Waals surface area (Å²) in [5, 5.41) is 11.1. The van der Waals surface area contributed by atoms with E-state index in [0.717, 1.165) is 35.6 Å². The van der Waals surface area contributed by atoms with Gasteiger partial charge in [-0.15, -0.1) is 10.2 Å². The molecule has 0 aliphatic heterocycles. The van der Waals surface area contributed by atoms with Crippen molar-refractivity contribution in [3.63, 3.8) is 0 Å². The molecular formula is C23H17F3N4O2S. The fourth-order valence-corrected chi connectivity index (χ4v) is 3.75. The number of para-hydroxylation sites is 2. The first-order chi connectivity index (χ1) is 16.0. The predicted molar refractivity (Wildman–Crippen MR) is 118 cm³/mol. The van der Waals surface area contributed by atoms with E-state index in [1.807, 2.05) is 30.3 Å². The number of benzene rings is 3. The van der Waals surface area contributed by atoms with Gasteiger partial charge in [0.1, 0.15) is 18.2 Å². The molecule has 4 aromatic rings. The predicted octanol–water partition coefficient (Wildman–Crippen LogP) is 4.99. The largest absolute Gasteiger partial charge is 0.483 e. The molecule has 0 saturated heterocycles. The van der Waals surface area contributed by atoms with Crippen LogP contribution in [0.1, 0.15) is 5.82 Å². The van der Waals surface area contributed by atoms with Gasteiger partial charge < -0.3 is 10.1 Å². The molecular weight excluding hydrogens is 453 g/mol. The molecule has 0 aliphatic rings. The lowest BCUT2D eigenvalue weighted by atomic mass is 10.3. The van der Waals surface area contributed by atoms with Crippen LogP contribution in [0.2, 0.25) is 0 Å². The quantitative estimate of drug-likeness (QED) is 0.367. The lowest BCUT2D eigenvalue weighted by Crippen LogP contribution is -2.15. The second kappa shape index (κ2) is 10.2. The number of rotatable bonds is 8. The summed E-state index contributed by atoms with van der Waals surface area (Å²) in [4.78, 5) is 12.3. The van der Waals surface area contributed by atoms with Crippen molar-refractivity contribution in [2.45, 2.75) is 11.8 Å². The maximum Gasteiger partial charge on any atom is 0.234 e. The van der Waals surface area contributed by atoms with Crippen molar-refractivity contribution in [1.82, 2.24) is 14.8 Å². The standard InChI is InChI=1S/C23H17F3N4O2S/c24-15-10-16(25)12-17(11-15)27-22(31)14-33-23-29-28-21(30(23)18-6-2-1-3-7-18)13-32-20-9-5-4-8-19(20)26/h1-12H,13-14H2,(H,27,31). The Morgan fingerprint density at radius 3 is 2.36 bits per heavy atom. The third-order valence-corrected chi connectivity index (χ3v) is 5.32. The van der Waals surface area contributed by atoms with Gasteiger partial charge in [0.25, 0.3) is 0 Å². The van der Waals surface area contributed by atoms with Crippen LogP contribution in [0.25, 0.3) is 5.69 Å². The zero-order valence-electron chi connectivity index (χ0n) is 17.0. The third-order valence-electron chi connectivity index (χ3n) is 4.39. The van der Waals surface area contributed by atoms with Crippen molar-refractivity contribution in [3.8, 4) is 11.4 Å². The molecule has 6 nitrogen and oxygen atoms in total. The van der Waals surface area contributed by atoms with E-state index in [4.69, 9.17) is 4.74 Å². The summed E-state index contributed by atoms with van der Waals surface area (Å²) in [6.45, 7) is -0.0574. The fourth-order valence-electron chi connectivity index (χ4n) is 2.98. The van der Waals surface area contributed by atoms with Crippen LogP contribution >= 0.6 is 11.8 Å². The van der Waals surface area contributed by atoms with E-state index >= 15 is 0 Å². The van der Waals surface area contributed by atoms with Crippen molar-refractivity contribution in [2.24, 2.45) is 0 Å². The number of aromatic nitrogens is 3. The first kappa shape index (κ1) is 22.4. The highest BCUT2D eigenvalue weighted by Crippen LogP contribution is 2.24. The van der Waals surface area contributed by atoms with Gasteiger partial charge in [0, 0.05) is 17.4 Å². The number of nitrogens with one attached hydrogen (secondary N) is 1. The molecule has 33 heavy (non-hydrogen) atoms. The first-order valence-electron chi connectivity index (χ1n) is 9.75. The van der Waals surface area contributed by atoms with E-state index in [1.54, 1.807) is 16.7 Å². The molecule has 4 rings (SSSR count). The minimum absolute atomic E-state index is 0.0154. The van der Waals surface area contributed by atoms with Gasteiger partial charge in [0.15, 0.2) is 22.5 Å². The average Bonchev–Trinajstić information content (AvgIpc) is 3.20. The van der Waals surface area contributed by atoms with E-state index in [1.165, 1.54) is 12.1 Å². The normalized spacial score (nSPS) is 10.8. The third kappa shape index (κ3) is 5.72. The van der Waals surface area contributed by atoms with Gasteiger partial charge in [0.05, 0.1) is 5.75 Å². The molecule has 0 radical (unpaired) electrons. The number of carbonyl (C=O) groups is 1. The van der Waals surface area contributed by atoms with Crippen molar-refractivity contribution < 1.29 is 22.7 Å². The maximum atomic E-state index is 13.9. The molecule has 0 bridgehead atoms. The van der Waals surface area contributed by atoms with Gasteiger partial charge in [-0.25, -0.2) is 13.2 Å². The number of hydrogen-bond acceptors (Lipinski definition) is 5. The second-order valence-electron chi connectivity index (χ2n) is 6.78. The number of ether oxygens (including phenoxy) is 1. The Morgan fingerprint density at radius 2 is 1.64 bits per heavy atom. The lowest BCUT2D eigenvalue weighted by molar-refractivity contribution is -0.113. The molecule has 0 atom stereocenters.